The highest BCUT2D eigenvalue weighted by Crippen LogP contribution is 2.11. The van der Waals surface area contributed by atoms with Gasteiger partial charge in [0.25, 0.3) is 0 Å². The van der Waals surface area contributed by atoms with E-state index >= 15 is 0 Å². The predicted molar refractivity (Wildman–Crippen MR) is 80.6 cm³/mol. The summed E-state index contributed by atoms with van der Waals surface area (Å²) in [5.41, 5.74) is 2.61. The second kappa shape index (κ2) is 5.94. The number of hydrogen-bond acceptors (Lipinski definition) is 4. The standard InChI is InChI=1S/C14H21N3OS/c1-11-4-5-13-16-7-12(17(13)8-11)6-15-9-14(2,18)10-19-3/h4-5,7-8,15,18H,6,9-10H2,1-3H3. The Morgan fingerprint density at radius 3 is 3.00 bits per heavy atom. The Balaban J connectivity index is 2.00. The van der Waals surface area contributed by atoms with Gasteiger partial charge in [0.1, 0.15) is 5.65 Å². The molecule has 19 heavy (non-hydrogen) atoms. The molecule has 5 heteroatoms. The second-order valence-corrected chi connectivity index (χ2v) is 6.08. The van der Waals surface area contributed by atoms with Gasteiger partial charge < -0.3 is 14.8 Å². The van der Waals surface area contributed by atoms with E-state index in [1.54, 1.807) is 11.8 Å². The molecular weight excluding hydrogens is 258 g/mol. The van der Waals surface area contributed by atoms with E-state index in [-0.39, 0.29) is 0 Å². The van der Waals surface area contributed by atoms with Crippen molar-refractivity contribution in [2.75, 3.05) is 18.6 Å². The number of fused-ring (bicyclic) bond motifs is 1. The van der Waals surface area contributed by atoms with Crippen molar-refractivity contribution in [3.05, 3.63) is 35.8 Å². The van der Waals surface area contributed by atoms with Crippen molar-refractivity contribution in [2.24, 2.45) is 0 Å². The Labute approximate surface area is 118 Å². The summed E-state index contributed by atoms with van der Waals surface area (Å²) in [4.78, 5) is 4.37. The van der Waals surface area contributed by atoms with Crippen LogP contribution in [0, 0.1) is 6.92 Å². The molecule has 2 heterocycles. The van der Waals surface area contributed by atoms with Crippen molar-refractivity contribution >= 4 is 17.4 Å². The Bertz CT molecular complexity index is 551. The van der Waals surface area contributed by atoms with Gasteiger partial charge in [0, 0.05) is 25.0 Å². The van der Waals surface area contributed by atoms with Crippen molar-refractivity contribution in [3.8, 4) is 0 Å². The number of aliphatic hydroxyl groups is 1. The Hall–Kier alpha value is -1.04. The minimum absolute atomic E-state index is 0.576. The van der Waals surface area contributed by atoms with E-state index in [1.807, 2.05) is 25.4 Å². The van der Waals surface area contributed by atoms with E-state index in [2.05, 4.69) is 33.9 Å². The Kier molecular flexibility index (Phi) is 4.50. The fourth-order valence-electron chi connectivity index (χ4n) is 2.09. The molecule has 0 bridgehead atoms. The van der Waals surface area contributed by atoms with Crippen LogP contribution in [0.4, 0.5) is 0 Å². The monoisotopic (exact) mass is 279 g/mol. The van der Waals surface area contributed by atoms with Crippen LogP contribution in [0.25, 0.3) is 5.65 Å². The number of aryl methyl sites for hydroxylation is 1. The first-order valence-electron chi connectivity index (χ1n) is 6.36. The molecule has 104 valence electrons. The van der Waals surface area contributed by atoms with Gasteiger partial charge in [-0.1, -0.05) is 6.07 Å². The number of hydrogen-bond donors (Lipinski definition) is 2. The number of rotatable bonds is 6. The summed E-state index contributed by atoms with van der Waals surface area (Å²) in [7, 11) is 0. The average molecular weight is 279 g/mol. The zero-order valence-electron chi connectivity index (χ0n) is 11.7. The second-order valence-electron chi connectivity index (χ2n) is 5.22. The molecule has 1 atom stereocenters. The molecule has 0 saturated heterocycles. The van der Waals surface area contributed by atoms with Crippen molar-refractivity contribution in [1.29, 1.82) is 0 Å². The first kappa shape index (κ1) is 14.4. The molecule has 4 nitrogen and oxygen atoms in total. The minimum Gasteiger partial charge on any atom is -0.388 e. The molecule has 2 rings (SSSR count). The number of aromatic nitrogens is 2. The van der Waals surface area contributed by atoms with Crippen molar-refractivity contribution < 1.29 is 5.11 Å². The minimum atomic E-state index is -0.671. The average Bonchev–Trinajstić information content (AvgIpc) is 2.71. The highest BCUT2D eigenvalue weighted by molar-refractivity contribution is 7.98. The molecule has 0 amide bonds. The molecule has 0 radical (unpaired) electrons. The van der Waals surface area contributed by atoms with Gasteiger partial charge in [-0.15, -0.1) is 0 Å². The van der Waals surface area contributed by atoms with Crippen LogP contribution in [-0.4, -0.2) is 38.6 Å². The van der Waals surface area contributed by atoms with E-state index in [1.165, 1.54) is 5.56 Å². The van der Waals surface area contributed by atoms with Crippen LogP contribution >= 0.6 is 11.8 Å². The third-order valence-corrected chi connectivity index (χ3v) is 3.91. The lowest BCUT2D eigenvalue weighted by molar-refractivity contribution is 0.0845. The van der Waals surface area contributed by atoms with Crippen molar-refractivity contribution in [3.63, 3.8) is 0 Å². The summed E-state index contributed by atoms with van der Waals surface area (Å²) in [6.07, 6.45) is 5.96. The lowest BCUT2D eigenvalue weighted by atomic mass is 10.1. The zero-order valence-corrected chi connectivity index (χ0v) is 12.5. The molecule has 2 N–H and O–H groups in total. The molecule has 0 aliphatic rings. The van der Waals surface area contributed by atoms with Gasteiger partial charge in [-0.05, 0) is 31.7 Å². The smallest absolute Gasteiger partial charge is 0.136 e. The van der Waals surface area contributed by atoms with Crippen LogP contribution in [-0.2, 0) is 6.54 Å². The van der Waals surface area contributed by atoms with Crippen LogP contribution in [0.1, 0.15) is 18.2 Å². The van der Waals surface area contributed by atoms with Gasteiger partial charge in [0.05, 0.1) is 17.5 Å². The van der Waals surface area contributed by atoms with E-state index < -0.39 is 5.60 Å². The number of nitrogens with one attached hydrogen (secondary N) is 1. The molecule has 0 spiro atoms. The fourth-order valence-corrected chi connectivity index (χ4v) is 2.81. The predicted octanol–water partition coefficient (Wildman–Crippen LogP) is 1.85. The Morgan fingerprint density at radius 2 is 2.26 bits per heavy atom. The molecule has 0 aliphatic carbocycles. The lowest BCUT2D eigenvalue weighted by Gasteiger charge is -2.22. The maximum Gasteiger partial charge on any atom is 0.136 e. The number of nitrogens with zero attached hydrogens (tertiary/aromatic N) is 2. The third kappa shape index (κ3) is 3.72. The van der Waals surface area contributed by atoms with Crippen molar-refractivity contribution in [1.82, 2.24) is 14.7 Å². The topological polar surface area (TPSA) is 49.6 Å². The zero-order chi connectivity index (χ0) is 13.9. The van der Waals surface area contributed by atoms with Gasteiger partial charge in [-0.2, -0.15) is 11.8 Å². The first-order chi connectivity index (χ1) is 9.02. The van der Waals surface area contributed by atoms with E-state index in [4.69, 9.17) is 0 Å². The van der Waals surface area contributed by atoms with E-state index in [0.717, 1.165) is 17.1 Å². The lowest BCUT2D eigenvalue weighted by Crippen LogP contribution is -2.39. The fraction of sp³-hybridized carbons (Fsp3) is 0.500. The van der Waals surface area contributed by atoms with Crippen LogP contribution in [0.2, 0.25) is 0 Å². The van der Waals surface area contributed by atoms with Crippen LogP contribution < -0.4 is 5.32 Å². The molecule has 0 aromatic carbocycles. The largest absolute Gasteiger partial charge is 0.388 e. The summed E-state index contributed by atoms with van der Waals surface area (Å²) < 4.78 is 2.09. The Morgan fingerprint density at radius 1 is 1.47 bits per heavy atom. The molecular formula is C14H21N3OS. The van der Waals surface area contributed by atoms with Gasteiger partial charge in [-0.25, -0.2) is 4.98 Å². The molecule has 0 saturated carbocycles. The number of imidazole rings is 1. The van der Waals surface area contributed by atoms with Crippen LogP contribution in [0.15, 0.2) is 24.5 Å². The van der Waals surface area contributed by atoms with E-state index in [0.29, 0.717) is 13.1 Å². The highest BCUT2D eigenvalue weighted by atomic mass is 32.2. The normalized spacial score (nSPS) is 14.7. The molecule has 2 aromatic rings. The maximum absolute atomic E-state index is 10.1. The molecule has 0 aliphatic heterocycles. The molecule has 1 unspecified atom stereocenters. The third-order valence-electron chi connectivity index (χ3n) is 3.00. The highest BCUT2D eigenvalue weighted by Gasteiger charge is 2.18. The number of thioether (sulfide) groups is 1. The van der Waals surface area contributed by atoms with Crippen LogP contribution in [0.5, 0.6) is 0 Å². The quantitative estimate of drug-likeness (QED) is 0.847. The van der Waals surface area contributed by atoms with Gasteiger partial charge in [0.15, 0.2) is 0 Å². The van der Waals surface area contributed by atoms with Gasteiger partial charge in [0.2, 0.25) is 0 Å². The maximum atomic E-state index is 10.1. The van der Waals surface area contributed by atoms with E-state index in [9.17, 15) is 5.11 Å². The SMILES string of the molecule is CSCC(C)(O)CNCc1cnc2ccc(C)cn12. The summed E-state index contributed by atoms with van der Waals surface area (Å²) in [6, 6.07) is 4.07. The molecule has 0 fully saturated rings. The number of pyridine rings is 1. The molecule has 2 aromatic heterocycles. The summed E-state index contributed by atoms with van der Waals surface area (Å²) in [5.74, 6) is 0.728. The van der Waals surface area contributed by atoms with Crippen LogP contribution in [0.3, 0.4) is 0 Å². The summed E-state index contributed by atoms with van der Waals surface area (Å²) in [5, 5.41) is 13.4. The first-order valence-corrected chi connectivity index (χ1v) is 7.76. The van der Waals surface area contributed by atoms with Gasteiger partial charge >= 0.3 is 0 Å². The van der Waals surface area contributed by atoms with Gasteiger partial charge in [-0.3, -0.25) is 0 Å². The van der Waals surface area contributed by atoms with Crippen molar-refractivity contribution in [2.45, 2.75) is 26.0 Å². The summed E-state index contributed by atoms with van der Waals surface area (Å²) in [6.45, 7) is 5.21. The summed E-state index contributed by atoms with van der Waals surface area (Å²) >= 11 is 1.65.